The standard InChI is InChI=1S/C28H36N7O5P/c1-2-39-27(36)23(17-20-9-5-3-6-10-20)34-41(37,40-22-11-7-4-8-12-22)19-38-16-15-35-18-30-24-25(31-21-13-14-21)32-28(29)33-26(24)35/h3-12,18,21,23,27,36H,2,13-17,19H2,1H3,(H,34,37)(H3,29,31,32,33). The highest BCUT2D eigenvalue weighted by molar-refractivity contribution is 7.57. The van der Waals surface area contributed by atoms with Crippen LogP contribution in [0.2, 0.25) is 0 Å². The van der Waals surface area contributed by atoms with Gasteiger partial charge in [0.05, 0.1) is 19.0 Å². The molecule has 5 rings (SSSR count). The van der Waals surface area contributed by atoms with Crippen molar-refractivity contribution in [3.8, 4) is 5.75 Å². The highest BCUT2D eigenvalue weighted by Crippen LogP contribution is 2.44. The minimum atomic E-state index is -3.68. The second-order valence-electron chi connectivity index (χ2n) is 9.85. The van der Waals surface area contributed by atoms with Crippen molar-refractivity contribution in [2.45, 2.75) is 51.1 Å². The molecule has 1 aliphatic carbocycles. The Hall–Kier alpha value is -3.54. The van der Waals surface area contributed by atoms with Crippen LogP contribution >= 0.6 is 7.52 Å². The maximum absolute atomic E-state index is 14.2. The van der Waals surface area contributed by atoms with E-state index in [1.807, 2.05) is 41.0 Å². The molecule has 0 aliphatic heterocycles. The van der Waals surface area contributed by atoms with Gasteiger partial charge in [0, 0.05) is 19.2 Å². The molecule has 0 amide bonds. The Morgan fingerprint density at radius 1 is 1.12 bits per heavy atom. The average Bonchev–Trinajstić information content (AvgIpc) is 3.69. The number of nitrogens with two attached hydrogens (primary N) is 1. The van der Waals surface area contributed by atoms with Crippen molar-refractivity contribution in [1.29, 1.82) is 0 Å². The van der Waals surface area contributed by atoms with Crippen LogP contribution in [0.3, 0.4) is 0 Å². The normalized spacial score (nSPS) is 16.2. The molecule has 218 valence electrons. The largest absolute Gasteiger partial charge is 0.431 e. The number of nitrogens with one attached hydrogen (secondary N) is 2. The summed E-state index contributed by atoms with van der Waals surface area (Å²) >= 11 is 0. The molecule has 41 heavy (non-hydrogen) atoms. The molecular formula is C28H36N7O5P. The Kier molecular flexibility index (Phi) is 9.48. The van der Waals surface area contributed by atoms with E-state index in [1.54, 1.807) is 37.5 Å². The first-order valence-corrected chi connectivity index (χ1v) is 15.5. The monoisotopic (exact) mass is 581 g/mol. The van der Waals surface area contributed by atoms with E-state index in [1.165, 1.54) is 0 Å². The Morgan fingerprint density at radius 2 is 1.85 bits per heavy atom. The smallest absolute Gasteiger partial charge is 0.342 e. The van der Waals surface area contributed by atoms with E-state index < -0.39 is 19.9 Å². The van der Waals surface area contributed by atoms with Crippen molar-refractivity contribution < 1.29 is 23.7 Å². The predicted molar refractivity (Wildman–Crippen MR) is 157 cm³/mol. The summed E-state index contributed by atoms with van der Waals surface area (Å²) < 4.78 is 33.3. The summed E-state index contributed by atoms with van der Waals surface area (Å²) in [5, 5.41) is 17.1. The van der Waals surface area contributed by atoms with Crippen LogP contribution in [-0.2, 0) is 27.0 Å². The molecule has 2 aromatic carbocycles. The number of hydrogen-bond donors (Lipinski definition) is 4. The number of fused-ring (bicyclic) bond motifs is 1. The number of para-hydroxylation sites is 1. The molecule has 1 fully saturated rings. The van der Waals surface area contributed by atoms with Gasteiger partial charge in [0.2, 0.25) is 5.95 Å². The van der Waals surface area contributed by atoms with Crippen LogP contribution in [0.1, 0.15) is 25.3 Å². The Morgan fingerprint density at radius 3 is 2.56 bits per heavy atom. The Labute approximate surface area is 238 Å². The summed E-state index contributed by atoms with van der Waals surface area (Å²) in [6.45, 7) is 2.66. The van der Waals surface area contributed by atoms with Gasteiger partial charge < -0.3 is 34.7 Å². The van der Waals surface area contributed by atoms with Crippen LogP contribution < -0.4 is 20.7 Å². The molecule has 2 heterocycles. The third kappa shape index (κ3) is 8.02. The van der Waals surface area contributed by atoms with Crippen LogP contribution in [0.15, 0.2) is 67.0 Å². The average molecular weight is 582 g/mol. The zero-order chi connectivity index (χ0) is 28.7. The molecule has 2 aromatic heterocycles. The van der Waals surface area contributed by atoms with Gasteiger partial charge in [-0.05, 0) is 43.9 Å². The van der Waals surface area contributed by atoms with Crippen LogP contribution in [0, 0.1) is 0 Å². The fraction of sp³-hybridized carbons (Fsp3) is 0.393. The second kappa shape index (κ2) is 13.4. The van der Waals surface area contributed by atoms with E-state index in [-0.39, 0.29) is 18.9 Å². The molecule has 3 atom stereocenters. The van der Waals surface area contributed by atoms with Gasteiger partial charge in [-0.3, -0.25) is 4.57 Å². The lowest BCUT2D eigenvalue weighted by molar-refractivity contribution is -0.112. The summed E-state index contributed by atoms with van der Waals surface area (Å²) in [4.78, 5) is 13.1. The van der Waals surface area contributed by atoms with Gasteiger partial charge in [-0.25, -0.2) is 10.1 Å². The summed E-state index contributed by atoms with van der Waals surface area (Å²) in [5.74, 6) is 1.20. The van der Waals surface area contributed by atoms with Gasteiger partial charge in [0.25, 0.3) is 0 Å². The maximum atomic E-state index is 14.2. The van der Waals surface area contributed by atoms with Crippen molar-refractivity contribution in [3.63, 3.8) is 0 Å². The molecule has 0 spiro atoms. The summed E-state index contributed by atoms with van der Waals surface area (Å²) in [7, 11) is -3.68. The zero-order valence-corrected chi connectivity index (χ0v) is 23.8. The van der Waals surface area contributed by atoms with Gasteiger partial charge in [0.15, 0.2) is 23.3 Å². The molecule has 3 unspecified atom stereocenters. The lowest BCUT2D eigenvalue weighted by Crippen LogP contribution is -2.42. The van der Waals surface area contributed by atoms with Gasteiger partial charge in [-0.15, -0.1) is 0 Å². The van der Waals surface area contributed by atoms with E-state index >= 15 is 0 Å². The topological polar surface area (TPSA) is 159 Å². The number of ether oxygens (including phenoxy) is 2. The third-order valence-corrected chi connectivity index (χ3v) is 8.23. The molecule has 12 nitrogen and oxygen atoms in total. The van der Waals surface area contributed by atoms with Gasteiger partial charge in [-0.2, -0.15) is 9.97 Å². The van der Waals surface area contributed by atoms with E-state index in [2.05, 4.69) is 25.4 Å². The number of benzene rings is 2. The second-order valence-corrected chi connectivity index (χ2v) is 11.9. The van der Waals surface area contributed by atoms with Crippen molar-refractivity contribution in [3.05, 3.63) is 72.6 Å². The molecule has 13 heteroatoms. The van der Waals surface area contributed by atoms with Crippen LogP contribution in [0.4, 0.5) is 11.8 Å². The number of anilines is 2. The summed E-state index contributed by atoms with van der Waals surface area (Å²) in [6.07, 6.45) is 2.74. The summed E-state index contributed by atoms with van der Waals surface area (Å²) in [6, 6.07) is 18.1. The fourth-order valence-electron chi connectivity index (χ4n) is 4.35. The molecule has 4 aromatic rings. The highest BCUT2D eigenvalue weighted by atomic mass is 31.2. The number of nitrogens with zero attached hydrogens (tertiary/aromatic N) is 4. The highest BCUT2D eigenvalue weighted by Gasteiger charge is 2.33. The lowest BCUT2D eigenvalue weighted by atomic mass is 10.1. The van der Waals surface area contributed by atoms with Crippen molar-refractivity contribution in [2.24, 2.45) is 0 Å². The molecule has 0 radical (unpaired) electrons. The molecule has 1 saturated carbocycles. The van der Waals surface area contributed by atoms with Crippen molar-refractivity contribution in [2.75, 3.05) is 30.6 Å². The van der Waals surface area contributed by atoms with Crippen LogP contribution in [0.25, 0.3) is 11.2 Å². The first-order valence-electron chi connectivity index (χ1n) is 13.7. The number of aliphatic hydroxyl groups is 1. The van der Waals surface area contributed by atoms with E-state index in [0.717, 1.165) is 18.4 Å². The number of hydrogen-bond acceptors (Lipinski definition) is 10. The number of rotatable bonds is 16. The van der Waals surface area contributed by atoms with Gasteiger partial charge in [0.1, 0.15) is 12.1 Å². The summed E-state index contributed by atoms with van der Waals surface area (Å²) in [5.41, 5.74) is 8.13. The third-order valence-electron chi connectivity index (χ3n) is 6.48. The van der Waals surface area contributed by atoms with Gasteiger partial charge >= 0.3 is 7.52 Å². The Balaban J connectivity index is 1.28. The molecule has 0 saturated heterocycles. The first kappa shape index (κ1) is 29.0. The molecule has 1 aliphatic rings. The number of aliphatic hydroxyl groups excluding tert-OH is 1. The number of aromatic nitrogens is 4. The number of nitrogen functional groups attached to an aromatic ring is 1. The van der Waals surface area contributed by atoms with Crippen molar-refractivity contribution >= 4 is 30.4 Å². The van der Waals surface area contributed by atoms with Gasteiger partial charge in [-0.1, -0.05) is 48.5 Å². The quantitative estimate of drug-likeness (QED) is 0.0866. The fourth-order valence-corrected chi connectivity index (χ4v) is 6.09. The minimum Gasteiger partial charge on any atom is -0.431 e. The van der Waals surface area contributed by atoms with Crippen molar-refractivity contribution in [1.82, 2.24) is 24.6 Å². The van der Waals surface area contributed by atoms with Crippen LogP contribution in [0.5, 0.6) is 5.75 Å². The molecule has 0 bridgehead atoms. The van der Waals surface area contributed by atoms with E-state index in [4.69, 9.17) is 19.7 Å². The first-order chi connectivity index (χ1) is 19.9. The minimum absolute atomic E-state index is 0.158. The van der Waals surface area contributed by atoms with Crippen LogP contribution in [-0.4, -0.2) is 62.6 Å². The lowest BCUT2D eigenvalue weighted by Gasteiger charge is -2.29. The van der Waals surface area contributed by atoms with E-state index in [9.17, 15) is 9.67 Å². The number of imidazole rings is 1. The zero-order valence-electron chi connectivity index (χ0n) is 22.9. The molecular weight excluding hydrogens is 545 g/mol. The van der Waals surface area contributed by atoms with E-state index in [0.29, 0.717) is 48.3 Å². The maximum Gasteiger partial charge on any atom is 0.342 e. The molecule has 5 N–H and O–H groups in total. The SMILES string of the molecule is CCOC(O)C(Cc1ccccc1)NP(=O)(COCCn1cnc2c(NC3CC3)nc(N)nc21)Oc1ccccc1. The Bertz CT molecular complexity index is 1450. The predicted octanol–water partition coefficient (Wildman–Crippen LogP) is 3.78.